The fraction of sp³-hybridized carbons (Fsp3) is 0.462. The summed E-state index contributed by atoms with van der Waals surface area (Å²) in [5, 5.41) is 4.18. The third-order valence-electron chi connectivity index (χ3n) is 4.96. The zero-order chi connectivity index (χ0) is 22.9. The third-order valence-corrected chi connectivity index (χ3v) is 6.40. The highest BCUT2D eigenvalue weighted by Crippen LogP contribution is 2.38. The van der Waals surface area contributed by atoms with Crippen LogP contribution in [-0.2, 0) is 15.8 Å². The van der Waals surface area contributed by atoms with Crippen molar-refractivity contribution < 1.29 is 13.9 Å². The zero-order valence-electron chi connectivity index (χ0n) is 19.6. The van der Waals surface area contributed by atoms with Crippen LogP contribution in [0.4, 0.5) is 0 Å². The van der Waals surface area contributed by atoms with Gasteiger partial charge in [-0.2, -0.15) is 11.3 Å². The largest absolute Gasteiger partial charge is 0.491 e. The van der Waals surface area contributed by atoms with E-state index in [4.69, 9.17) is 13.9 Å². The van der Waals surface area contributed by atoms with E-state index in [2.05, 4.69) is 76.0 Å². The minimum absolute atomic E-state index is 0.000353. The molecule has 169 valence electrons. The van der Waals surface area contributed by atoms with Gasteiger partial charge in [0.05, 0.1) is 12.7 Å². The van der Waals surface area contributed by atoms with E-state index in [0.717, 1.165) is 11.3 Å². The number of ether oxygens (including phenoxy) is 2. The van der Waals surface area contributed by atoms with Crippen LogP contribution in [-0.4, -0.2) is 21.2 Å². The topological polar surface area (TPSA) is 27.7 Å². The van der Waals surface area contributed by atoms with Crippen LogP contribution in [0.25, 0.3) is 0 Å². The van der Waals surface area contributed by atoms with Crippen LogP contribution in [0.2, 0.25) is 13.1 Å². The Morgan fingerprint density at radius 2 is 1.81 bits per heavy atom. The van der Waals surface area contributed by atoms with Crippen molar-refractivity contribution in [1.82, 2.24) is 0 Å². The molecule has 0 spiro atoms. The van der Waals surface area contributed by atoms with Gasteiger partial charge < -0.3 is 13.9 Å². The Bertz CT molecular complexity index is 798. The Morgan fingerprint density at radius 3 is 2.35 bits per heavy atom. The molecule has 0 aliphatic rings. The first kappa shape index (κ1) is 25.6. The van der Waals surface area contributed by atoms with Crippen LogP contribution in [0.1, 0.15) is 50.8 Å². The molecule has 2 aromatic rings. The van der Waals surface area contributed by atoms with Crippen molar-refractivity contribution in [3.63, 3.8) is 0 Å². The predicted octanol–water partition coefficient (Wildman–Crippen LogP) is 7.59. The molecule has 1 radical (unpaired) electrons. The standard InChI is InChI=1S/C26H37O3SSi/c1-8-14-26(15-9-2,28-18-21-13-16-30-19-21)20-27-23-12-10-11-22(17-23)24(25(3,4)5)29-31(6)7/h8-13,16-17,19,24H,1-2,14-15,18,20H2,3-7H3. The maximum absolute atomic E-state index is 6.38. The van der Waals surface area contributed by atoms with E-state index in [1.54, 1.807) is 11.3 Å². The Balaban J connectivity index is 2.19. The summed E-state index contributed by atoms with van der Waals surface area (Å²) in [5.74, 6) is 0.827. The lowest BCUT2D eigenvalue weighted by molar-refractivity contribution is -0.0789. The summed E-state index contributed by atoms with van der Waals surface area (Å²) in [6.45, 7) is 19.8. The van der Waals surface area contributed by atoms with Crippen molar-refractivity contribution in [2.45, 2.75) is 65.0 Å². The monoisotopic (exact) mass is 457 g/mol. The molecule has 1 aromatic carbocycles. The smallest absolute Gasteiger partial charge is 0.205 e. The van der Waals surface area contributed by atoms with Gasteiger partial charge in [-0.1, -0.05) is 45.1 Å². The number of hydrogen-bond donors (Lipinski definition) is 0. The summed E-state index contributed by atoms with van der Waals surface area (Å²) in [7, 11) is -0.836. The van der Waals surface area contributed by atoms with Crippen molar-refractivity contribution in [3.8, 4) is 5.75 Å². The molecule has 1 aromatic heterocycles. The molecule has 0 fully saturated rings. The van der Waals surface area contributed by atoms with Crippen molar-refractivity contribution in [2.75, 3.05) is 6.61 Å². The molecule has 0 amide bonds. The average Bonchev–Trinajstić information content (AvgIpc) is 3.22. The quantitative estimate of drug-likeness (QED) is 0.229. The van der Waals surface area contributed by atoms with Gasteiger partial charge >= 0.3 is 0 Å². The molecule has 0 saturated heterocycles. The molecule has 0 aliphatic heterocycles. The second kappa shape index (κ2) is 11.8. The molecule has 2 rings (SSSR count). The van der Waals surface area contributed by atoms with Crippen molar-refractivity contribution in [1.29, 1.82) is 0 Å². The summed E-state index contributed by atoms with van der Waals surface area (Å²) >= 11 is 1.68. The first-order valence-electron chi connectivity index (χ1n) is 10.8. The van der Waals surface area contributed by atoms with Crippen LogP contribution in [0.5, 0.6) is 5.75 Å². The minimum atomic E-state index is -0.836. The second-order valence-corrected chi connectivity index (χ2v) is 12.1. The van der Waals surface area contributed by atoms with E-state index in [0.29, 0.717) is 26.1 Å². The summed E-state index contributed by atoms with van der Waals surface area (Å²) in [6, 6.07) is 10.4. The lowest BCUT2D eigenvalue weighted by atomic mass is 9.85. The molecule has 1 heterocycles. The Kier molecular flexibility index (Phi) is 9.75. The van der Waals surface area contributed by atoms with Gasteiger partial charge in [0.15, 0.2) is 0 Å². The van der Waals surface area contributed by atoms with Crippen LogP contribution < -0.4 is 4.74 Å². The molecule has 0 saturated carbocycles. The predicted molar refractivity (Wildman–Crippen MR) is 134 cm³/mol. The Morgan fingerprint density at radius 1 is 1.10 bits per heavy atom. The number of thiophene rings is 1. The van der Waals surface area contributed by atoms with Crippen LogP contribution in [0, 0.1) is 5.41 Å². The Labute approximate surface area is 194 Å². The van der Waals surface area contributed by atoms with Crippen LogP contribution >= 0.6 is 11.3 Å². The molecule has 1 atom stereocenters. The average molecular weight is 458 g/mol. The first-order valence-corrected chi connectivity index (χ1v) is 14.1. The van der Waals surface area contributed by atoms with Crippen LogP contribution in [0.3, 0.4) is 0 Å². The zero-order valence-corrected chi connectivity index (χ0v) is 21.5. The van der Waals surface area contributed by atoms with Gasteiger partial charge in [-0.25, -0.2) is 0 Å². The van der Waals surface area contributed by atoms with E-state index < -0.39 is 14.6 Å². The highest BCUT2D eigenvalue weighted by molar-refractivity contribution is 7.07. The van der Waals surface area contributed by atoms with Crippen LogP contribution in [0.15, 0.2) is 66.4 Å². The first-order chi connectivity index (χ1) is 14.7. The molecular formula is C26H37O3SSi. The highest BCUT2D eigenvalue weighted by Gasteiger charge is 2.31. The fourth-order valence-corrected chi connectivity index (χ4v) is 5.08. The molecule has 0 aliphatic carbocycles. The molecular weight excluding hydrogens is 420 g/mol. The summed E-state index contributed by atoms with van der Waals surface area (Å²) < 4.78 is 19.0. The van der Waals surface area contributed by atoms with E-state index >= 15 is 0 Å². The number of benzene rings is 1. The summed E-state index contributed by atoms with van der Waals surface area (Å²) in [4.78, 5) is 0. The van der Waals surface area contributed by atoms with E-state index in [1.165, 1.54) is 5.56 Å². The number of rotatable bonds is 13. The third kappa shape index (κ3) is 8.07. The van der Waals surface area contributed by atoms with Crippen molar-refractivity contribution in [3.05, 3.63) is 77.5 Å². The summed E-state index contributed by atoms with van der Waals surface area (Å²) in [5.41, 5.74) is 1.82. The second-order valence-electron chi connectivity index (χ2n) is 9.22. The maximum Gasteiger partial charge on any atom is 0.205 e. The van der Waals surface area contributed by atoms with Gasteiger partial charge in [0.1, 0.15) is 18.0 Å². The lowest BCUT2D eigenvalue weighted by Crippen LogP contribution is -2.38. The lowest BCUT2D eigenvalue weighted by Gasteiger charge is -2.34. The van der Waals surface area contributed by atoms with Gasteiger partial charge in [0.25, 0.3) is 0 Å². The molecule has 1 unspecified atom stereocenters. The van der Waals surface area contributed by atoms with Gasteiger partial charge in [-0.15, -0.1) is 13.2 Å². The van der Waals surface area contributed by atoms with Crippen molar-refractivity contribution >= 4 is 20.4 Å². The van der Waals surface area contributed by atoms with E-state index in [9.17, 15) is 0 Å². The fourth-order valence-electron chi connectivity index (χ4n) is 3.46. The molecule has 3 nitrogen and oxygen atoms in total. The SMILES string of the molecule is C=CCC(CC=C)(COc1cccc(C(O[Si](C)C)C(C)(C)C)c1)OCc1ccsc1. The molecule has 31 heavy (non-hydrogen) atoms. The van der Waals surface area contributed by atoms with Crippen molar-refractivity contribution in [2.24, 2.45) is 5.41 Å². The normalized spacial score (nSPS) is 13.2. The molecule has 0 N–H and O–H groups in total. The summed E-state index contributed by atoms with van der Waals surface area (Å²) in [6.07, 6.45) is 5.20. The Hall–Kier alpha value is -1.66. The van der Waals surface area contributed by atoms with Gasteiger partial charge in [0, 0.05) is 0 Å². The molecule has 5 heteroatoms. The van der Waals surface area contributed by atoms with E-state index in [1.807, 2.05) is 24.3 Å². The minimum Gasteiger partial charge on any atom is -0.491 e. The number of hydrogen-bond acceptors (Lipinski definition) is 4. The maximum atomic E-state index is 6.38. The van der Waals surface area contributed by atoms with Gasteiger partial charge in [-0.3, -0.25) is 0 Å². The van der Waals surface area contributed by atoms with E-state index in [-0.39, 0.29) is 11.5 Å². The highest BCUT2D eigenvalue weighted by atomic mass is 32.1. The molecule has 0 bridgehead atoms. The van der Waals surface area contributed by atoms with Gasteiger partial charge in [0.2, 0.25) is 9.04 Å². The van der Waals surface area contributed by atoms with Gasteiger partial charge in [-0.05, 0) is 71.4 Å².